The molecule has 0 saturated heterocycles. The molecule has 1 aromatic carbocycles. The second-order valence-electron chi connectivity index (χ2n) is 8.87. The Morgan fingerprint density at radius 2 is 1.06 bits per heavy atom. The third-order valence-electron chi connectivity index (χ3n) is 5.31. The first-order valence-electron chi connectivity index (χ1n) is 12.2. The van der Waals surface area contributed by atoms with Crippen LogP contribution in [-0.4, -0.2) is 67.1 Å². The summed E-state index contributed by atoms with van der Waals surface area (Å²) >= 11 is 0. The molecule has 1 aromatic rings. The molecule has 47 heavy (non-hydrogen) atoms. The number of nitrogens with one attached hydrogen (secondary N) is 2. The van der Waals surface area contributed by atoms with E-state index >= 15 is 0 Å². The number of ether oxygens (including phenoxy) is 3. The monoisotopic (exact) mass is 726 g/mol. The molecule has 24 heteroatoms. The molecule has 0 aliphatic heterocycles. The number of benzene rings is 1. The van der Waals surface area contributed by atoms with Crippen LogP contribution < -0.4 is 15.4 Å². The lowest BCUT2D eigenvalue weighted by atomic mass is 9.91. The molecule has 0 aliphatic rings. The van der Waals surface area contributed by atoms with Gasteiger partial charge in [-0.15, -0.1) is 0 Å². The highest BCUT2D eigenvalue weighted by atomic mass is 19.4. The Kier molecular flexibility index (Phi) is 12.3. The molecule has 0 aliphatic carbocycles. The van der Waals surface area contributed by atoms with Crippen LogP contribution in [0.15, 0.2) is 30.0 Å². The van der Waals surface area contributed by atoms with Gasteiger partial charge in [0, 0.05) is 11.8 Å². The summed E-state index contributed by atoms with van der Waals surface area (Å²) in [6.45, 7) is 2.52. The van der Waals surface area contributed by atoms with Crippen molar-refractivity contribution in [3.05, 3.63) is 30.0 Å². The van der Waals surface area contributed by atoms with Crippen LogP contribution in [0.5, 0.6) is 5.75 Å². The Hall–Kier alpha value is -3.89. The molecular formula is C23H19F17N2O5. The van der Waals surface area contributed by atoms with E-state index in [-0.39, 0.29) is 26.1 Å². The minimum absolute atomic E-state index is 0.189. The fourth-order valence-electron chi connectivity index (χ4n) is 2.85. The van der Waals surface area contributed by atoms with Crippen molar-refractivity contribution in [2.24, 2.45) is 0 Å². The Bertz CT molecular complexity index is 1320. The summed E-state index contributed by atoms with van der Waals surface area (Å²) in [5.74, 6) is -56.6. The number of carbonyl (C=O) groups excluding carboxylic acids is 2. The second kappa shape index (κ2) is 14.1. The Morgan fingerprint density at radius 1 is 0.638 bits per heavy atom. The SMILES string of the molecule is CCCOC(=O)Nc1ccc(NC(=O)OCCC)c(OC(F)=C(F)C(F)(F)C(F)(F)C(F)(F)C(F)(F)C(F)(F)C(F)(F)C(F)(F)F)c1. The fourth-order valence-corrected chi connectivity index (χ4v) is 2.85. The van der Waals surface area contributed by atoms with Gasteiger partial charge in [0.15, 0.2) is 5.75 Å². The van der Waals surface area contributed by atoms with Crippen LogP contribution in [0, 0.1) is 0 Å². The Balaban J connectivity index is 3.69. The minimum atomic E-state index is -8.74. The molecule has 7 nitrogen and oxygen atoms in total. The third-order valence-corrected chi connectivity index (χ3v) is 5.31. The molecule has 0 fully saturated rings. The summed E-state index contributed by atoms with van der Waals surface area (Å²) in [6.07, 6.45) is -10.1. The molecule has 0 bridgehead atoms. The lowest BCUT2D eigenvalue weighted by molar-refractivity contribution is -0.451. The standard InChI is InChI=1S/C23H19F17N2O5/c1-3-7-45-15(43)41-10-5-6-11(42-16(44)46-8-4-2)12(9-10)47-14(25)13(24)17(26,27)18(28,29)19(30,31)20(32,33)21(34,35)22(36,37)23(38,39)40/h5-6,9H,3-4,7-8H2,1-2H3,(H,41,43)(H,42,44). The summed E-state index contributed by atoms with van der Waals surface area (Å²) in [4.78, 5) is 23.5. The number of alkyl halides is 15. The molecular weight excluding hydrogens is 707 g/mol. The molecule has 270 valence electrons. The molecule has 0 heterocycles. The van der Waals surface area contributed by atoms with Crippen LogP contribution in [0.3, 0.4) is 0 Å². The number of amides is 2. The summed E-state index contributed by atoms with van der Waals surface area (Å²) in [5.41, 5.74) is -1.56. The number of rotatable bonds is 14. The fraction of sp³-hybridized carbons (Fsp3) is 0.565. The highest BCUT2D eigenvalue weighted by Crippen LogP contribution is 2.63. The van der Waals surface area contributed by atoms with Crippen molar-refractivity contribution in [2.75, 3.05) is 23.8 Å². The topological polar surface area (TPSA) is 85.9 Å². The summed E-state index contributed by atoms with van der Waals surface area (Å²) in [7, 11) is 0. The smallest absolute Gasteiger partial charge is 0.449 e. The normalized spacial score (nSPS) is 14.3. The first-order valence-corrected chi connectivity index (χ1v) is 12.2. The van der Waals surface area contributed by atoms with Gasteiger partial charge in [-0.25, -0.2) is 9.59 Å². The van der Waals surface area contributed by atoms with Gasteiger partial charge in [0.05, 0.1) is 18.9 Å². The average Bonchev–Trinajstić information content (AvgIpc) is 2.94. The van der Waals surface area contributed by atoms with Crippen molar-refractivity contribution >= 4 is 23.6 Å². The van der Waals surface area contributed by atoms with Gasteiger partial charge in [-0.05, 0) is 25.0 Å². The van der Waals surface area contributed by atoms with Gasteiger partial charge in [0.25, 0.3) is 0 Å². The summed E-state index contributed by atoms with van der Waals surface area (Å²) in [6, 6.07) is -2.05. The zero-order valence-corrected chi connectivity index (χ0v) is 23.0. The van der Waals surface area contributed by atoms with Crippen LogP contribution in [0.25, 0.3) is 0 Å². The van der Waals surface area contributed by atoms with Gasteiger partial charge in [-0.3, -0.25) is 10.6 Å². The van der Waals surface area contributed by atoms with E-state index in [1.165, 1.54) is 6.92 Å². The van der Waals surface area contributed by atoms with E-state index in [1.807, 2.05) is 5.32 Å². The van der Waals surface area contributed by atoms with Gasteiger partial charge >= 0.3 is 59.9 Å². The summed E-state index contributed by atoms with van der Waals surface area (Å²) in [5, 5.41) is 3.60. The predicted molar refractivity (Wildman–Crippen MR) is 123 cm³/mol. The highest BCUT2D eigenvalue weighted by Gasteiger charge is 2.93. The lowest BCUT2D eigenvalue weighted by Gasteiger charge is -2.41. The van der Waals surface area contributed by atoms with Crippen LogP contribution in [-0.2, 0) is 9.47 Å². The number of hydrogen-bond donors (Lipinski definition) is 2. The number of anilines is 2. The van der Waals surface area contributed by atoms with Crippen molar-refractivity contribution in [3.8, 4) is 5.75 Å². The van der Waals surface area contributed by atoms with E-state index < -0.39 is 82.9 Å². The van der Waals surface area contributed by atoms with E-state index in [4.69, 9.17) is 0 Å². The maximum Gasteiger partial charge on any atom is 0.460 e. The van der Waals surface area contributed by atoms with Gasteiger partial charge in [-0.2, -0.15) is 74.6 Å². The minimum Gasteiger partial charge on any atom is -0.449 e. The maximum absolute atomic E-state index is 14.4. The molecule has 0 spiro atoms. The van der Waals surface area contributed by atoms with Crippen molar-refractivity contribution in [2.45, 2.75) is 68.4 Å². The zero-order chi connectivity index (χ0) is 37.0. The highest BCUT2D eigenvalue weighted by molar-refractivity contribution is 5.89. The van der Waals surface area contributed by atoms with Crippen molar-refractivity contribution < 1.29 is 98.4 Å². The van der Waals surface area contributed by atoms with Gasteiger partial charge in [0.1, 0.15) is 0 Å². The van der Waals surface area contributed by atoms with E-state index in [0.717, 1.165) is 6.07 Å². The number of halogens is 17. The maximum atomic E-state index is 14.4. The zero-order valence-electron chi connectivity index (χ0n) is 23.0. The first kappa shape index (κ1) is 41.1. The van der Waals surface area contributed by atoms with Crippen molar-refractivity contribution in [1.29, 1.82) is 0 Å². The second-order valence-corrected chi connectivity index (χ2v) is 8.87. The van der Waals surface area contributed by atoms with Crippen LogP contribution in [0.2, 0.25) is 0 Å². The molecule has 1 rings (SSSR count). The van der Waals surface area contributed by atoms with Gasteiger partial charge in [0.2, 0.25) is 5.83 Å². The lowest BCUT2D eigenvalue weighted by Crippen LogP contribution is -2.72. The van der Waals surface area contributed by atoms with Gasteiger partial charge < -0.3 is 14.2 Å². The first-order chi connectivity index (χ1) is 21.1. The molecule has 0 unspecified atom stereocenters. The van der Waals surface area contributed by atoms with E-state index in [1.54, 1.807) is 12.2 Å². The summed E-state index contributed by atoms with van der Waals surface area (Å²) < 4.78 is 243. The molecule has 0 saturated carbocycles. The van der Waals surface area contributed by atoms with Crippen molar-refractivity contribution in [1.82, 2.24) is 0 Å². The van der Waals surface area contributed by atoms with Crippen LogP contribution in [0.1, 0.15) is 26.7 Å². The average molecular weight is 726 g/mol. The Labute approximate surface area is 251 Å². The van der Waals surface area contributed by atoms with Crippen molar-refractivity contribution in [3.63, 3.8) is 0 Å². The molecule has 2 N–H and O–H groups in total. The number of allylic oxidation sites excluding steroid dienone is 1. The van der Waals surface area contributed by atoms with Gasteiger partial charge in [-0.1, -0.05) is 13.8 Å². The number of hydrogen-bond acceptors (Lipinski definition) is 5. The van der Waals surface area contributed by atoms with E-state index in [9.17, 15) is 84.2 Å². The van der Waals surface area contributed by atoms with E-state index in [0.29, 0.717) is 12.1 Å². The molecule has 2 amide bonds. The van der Waals surface area contributed by atoms with Crippen LogP contribution in [0.4, 0.5) is 95.6 Å². The predicted octanol–water partition coefficient (Wildman–Crippen LogP) is 9.46. The Morgan fingerprint density at radius 3 is 1.51 bits per heavy atom. The number of carbonyl (C=O) groups is 2. The molecule has 0 aromatic heterocycles. The quantitative estimate of drug-likeness (QED) is 0.147. The largest absolute Gasteiger partial charge is 0.460 e. The molecule has 0 radical (unpaired) electrons. The van der Waals surface area contributed by atoms with Crippen LogP contribution >= 0.6 is 0 Å². The third kappa shape index (κ3) is 7.81. The molecule has 0 atom stereocenters. The van der Waals surface area contributed by atoms with E-state index in [2.05, 4.69) is 14.2 Å².